The summed E-state index contributed by atoms with van der Waals surface area (Å²) in [5.41, 5.74) is 0. The van der Waals surface area contributed by atoms with Gasteiger partial charge in [0.05, 0.1) is 10.8 Å². The van der Waals surface area contributed by atoms with Crippen LogP contribution in [0.3, 0.4) is 0 Å². The van der Waals surface area contributed by atoms with Crippen LogP contribution in [-0.2, 0) is 21.7 Å². The third kappa shape index (κ3) is 31.3. The van der Waals surface area contributed by atoms with Crippen LogP contribution < -0.4 is 65.4 Å². The van der Waals surface area contributed by atoms with Gasteiger partial charge < -0.3 is 14.0 Å². The Morgan fingerprint density at radius 2 is 1.00 bits per heavy atom. The second-order valence-corrected chi connectivity index (χ2v) is 0.567. The molecular weight excluding hydrogens is 170 g/mol. The van der Waals surface area contributed by atoms with E-state index in [1.807, 2.05) is 0 Å². The fraction of sp³-hybridized carbons (Fsp3) is 0. The summed E-state index contributed by atoms with van der Waals surface area (Å²) >= 11 is 0. The summed E-state index contributed by atoms with van der Waals surface area (Å²) in [5, 5.41) is 0. The van der Waals surface area contributed by atoms with Crippen LogP contribution in [0.2, 0.25) is 0 Å². The monoisotopic (exact) mass is 170 g/mol. The van der Waals surface area contributed by atoms with Crippen molar-refractivity contribution in [2.45, 2.75) is 0 Å². The van der Waals surface area contributed by atoms with Gasteiger partial charge in [0.25, 0.3) is 0 Å². The molecule has 0 spiro atoms. The molecule has 0 bridgehead atoms. The number of halogens is 1. The van der Waals surface area contributed by atoms with Crippen LogP contribution in [0.5, 0.6) is 0 Å². The molecule has 3 nitrogen and oxygen atoms in total. The van der Waals surface area contributed by atoms with Crippen LogP contribution in [0.15, 0.2) is 0 Å². The largest absolute Gasteiger partial charge is 2.00 e. The third-order valence-electron chi connectivity index (χ3n) is 0. The number of hydrogen-bond donors (Lipinski definition) is 0. The molecule has 0 fully saturated rings. The Balaban J connectivity index is -0.0000000450. The van der Waals surface area contributed by atoms with Crippen LogP contribution in [0.1, 0.15) is 0 Å². The van der Waals surface area contributed by atoms with E-state index < -0.39 is 10.8 Å². The molecule has 0 rings (SSSR count). The quantitative estimate of drug-likeness (QED) is 0.340. The average molecular weight is 170 g/mol. The summed E-state index contributed by atoms with van der Waals surface area (Å²) in [6.07, 6.45) is 0. The SMILES string of the molecule is [K+].[O-][Cl+2]([O-])[O-].[Ti+2]. The van der Waals surface area contributed by atoms with Crippen molar-refractivity contribution in [3.05, 3.63) is 0 Å². The molecule has 0 aromatic heterocycles. The van der Waals surface area contributed by atoms with Crippen LogP contribution >= 0.6 is 0 Å². The molecule has 0 saturated carbocycles. The maximum atomic E-state index is 8.41. The van der Waals surface area contributed by atoms with Crippen molar-refractivity contribution in [2.75, 3.05) is 0 Å². The van der Waals surface area contributed by atoms with Crippen LogP contribution in [0.4, 0.5) is 0 Å². The summed E-state index contributed by atoms with van der Waals surface area (Å²) in [7, 11) is -2.85. The molecule has 0 unspecified atom stereocenters. The normalized spacial score (nSPS) is 6.00. The molecule has 0 radical (unpaired) electrons. The van der Waals surface area contributed by atoms with E-state index in [9.17, 15) is 0 Å². The topological polar surface area (TPSA) is 69.2 Å². The predicted molar refractivity (Wildman–Crippen MR) is 0 cm³/mol. The first-order valence-corrected chi connectivity index (χ1v) is 1.39. The molecule has 0 aromatic carbocycles. The van der Waals surface area contributed by atoms with Crippen LogP contribution in [0.25, 0.3) is 0 Å². The van der Waals surface area contributed by atoms with Crippen molar-refractivity contribution in [3.8, 4) is 0 Å². The Hall–Kier alpha value is 2.52. The van der Waals surface area contributed by atoms with E-state index >= 15 is 0 Å². The zero-order chi connectivity index (χ0) is 3.58. The molecule has 6 heavy (non-hydrogen) atoms. The maximum Gasteiger partial charge on any atom is 2.00 e. The molecule has 6 heteroatoms. The van der Waals surface area contributed by atoms with Crippen molar-refractivity contribution < 1.29 is 97.9 Å². The predicted octanol–water partition coefficient (Wildman–Crippen LogP) is -6.57. The van der Waals surface area contributed by atoms with Crippen LogP contribution in [0, 0.1) is 10.8 Å². The summed E-state index contributed by atoms with van der Waals surface area (Å²) in [5.74, 6) is 0. The van der Waals surface area contributed by atoms with E-state index in [0.29, 0.717) is 0 Å². The fourth-order valence-electron chi connectivity index (χ4n) is 0. The van der Waals surface area contributed by atoms with E-state index in [0.717, 1.165) is 0 Å². The van der Waals surface area contributed by atoms with Gasteiger partial charge in [0.2, 0.25) is 0 Å². The minimum absolute atomic E-state index is 0. The van der Waals surface area contributed by atoms with E-state index in [1.54, 1.807) is 0 Å². The zero-order valence-corrected chi connectivity index (χ0v) is 8.54. The minimum atomic E-state index is -2.85. The van der Waals surface area contributed by atoms with E-state index in [1.165, 1.54) is 0 Å². The van der Waals surface area contributed by atoms with Gasteiger partial charge in [-0.1, -0.05) is 0 Å². The number of rotatable bonds is 0. The van der Waals surface area contributed by atoms with Crippen molar-refractivity contribution >= 4 is 0 Å². The second kappa shape index (κ2) is 10.5. The standard InChI is InChI=1S/ClO3.K.Ti/c2-1(3)4;;/q-1;+1;+2. The van der Waals surface area contributed by atoms with Gasteiger partial charge in [0, 0.05) is 0 Å². The zero-order valence-electron chi connectivity index (χ0n) is 3.10. The Kier molecular flexibility index (Phi) is 27.7. The van der Waals surface area contributed by atoms with E-state index in [4.69, 9.17) is 14.0 Å². The van der Waals surface area contributed by atoms with Gasteiger partial charge >= 0.3 is 73.1 Å². The van der Waals surface area contributed by atoms with Gasteiger partial charge in [-0.15, -0.1) is 0 Å². The van der Waals surface area contributed by atoms with Crippen molar-refractivity contribution in [1.82, 2.24) is 0 Å². The average Bonchev–Trinajstić information content (AvgIpc) is 0.811. The Bertz CT molecular complexity index is 15.5. The van der Waals surface area contributed by atoms with Crippen molar-refractivity contribution in [1.29, 1.82) is 0 Å². The first kappa shape index (κ1) is 15.8. The molecule has 0 amide bonds. The molecule has 0 aliphatic heterocycles. The summed E-state index contributed by atoms with van der Waals surface area (Å²) < 4.78 is 25.2. The fourth-order valence-corrected chi connectivity index (χ4v) is 0. The third-order valence-corrected chi connectivity index (χ3v) is 0. The Morgan fingerprint density at radius 1 is 1.00 bits per heavy atom. The minimum Gasteiger partial charge on any atom is -0.357 e. The van der Waals surface area contributed by atoms with Gasteiger partial charge in [-0.25, -0.2) is 0 Å². The molecule has 28 valence electrons. The van der Waals surface area contributed by atoms with Gasteiger partial charge in [0.1, 0.15) is 0 Å². The molecular formula is ClKO3Ti+2. The Morgan fingerprint density at radius 3 is 1.00 bits per heavy atom. The first-order valence-electron chi connectivity index (χ1n) is 0.463. The smallest absolute Gasteiger partial charge is 0.357 e. The molecule has 0 atom stereocenters. The van der Waals surface area contributed by atoms with E-state index in [2.05, 4.69) is 0 Å². The van der Waals surface area contributed by atoms with Gasteiger partial charge in [-0.3, -0.25) is 0 Å². The molecule has 0 N–H and O–H groups in total. The maximum absolute atomic E-state index is 8.41. The summed E-state index contributed by atoms with van der Waals surface area (Å²) in [4.78, 5) is 0. The van der Waals surface area contributed by atoms with Gasteiger partial charge in [0.15, 0.2) is 0 Å². The molecule has 0 aromatic rings. The summed E-state index contributed by atoms with van der Waals surface area (Å²) in [6.45, 7) is 0. The molecule has 0 aliphatic rings. The summed E-state index contributed by atoms with van der Waals surface area (Å²) in [6, 6.07) is 0. The molecule has 0 aliphatic carbocycles. The molecule has 0 saturated heterocycles. The second-order valence-electron chi connectivity index (χ2n) is 0.189. The van der Waals surface area contributed by atoms with E-state index in [-0.39, 0.29) is 73.1 Å². The molecule has 0 heterocycles. The first-order chi connectivity index (χ1) is 1.73. The van der Waals surface area contributed by atoms with Crippen molar-refractivity contribution in [2.24, 2.45) is 0 Å². The number of hydrogen-bond acceptors (Lipinski definition) is 3. The van der Waals surface area contributed by atoms with Crippen LogP contribution in [-0.4, -0.2) is 0 Å². The van der Waals surface area contributed by atoms with Gasteiger partial charge in [-0.05, 0) is 0 Å². The van der Waals surface area contributed by atoms with Gasteiger partial charge in [-0.2, -0.15) is 0 Å². The Labute approximate surface area is 95.8 Å². The van der Waals surface area contributed by atoms with Crippen molar-refractivity contribution in [3.63, 3.8) is 0 Å².